The molecule has 0 saturated heterocycles. The molecule has 0 rings (SSSR count). The van der Waals surface area contributed by atoms with Gasteiger partial charge in [-0.3, -0.25) is 4.90 Å². The predicted octanol–water partition coefficient (Wildman–Crippen LogP) is 0.154. The van der Waals surface area contributed by atoms with E-state index in [4.69, 9.17) is 12.8 Å². The summed E-state index contributed by atoms with van der Waals surface area (Å²) >= 11 is 0. The van der Waals surface area contributed by atoms with Crippen LogP contribution in [-0.4, -0.2) is 11.9 Å². The predicted molar refractivity (Wildman–Crippen MR) is 150 cm³/mol. The summed E-state index contributed by atoms with van der Waals surface area (Å²) in [5, 5.41) is 0. The van der Waals surface area contributed by atoms with E-state index in [0.29, 0.717) is 0 Å². The Balaban J connectivity index is 4.59. The lowest BCUT2D eigenvalue weighted by molar-refractivity contribution is 0.701. The van der Waals surface area contributed by atoms with Crippen LogP contribution in [0, 0.1) is 214 Å². The maximum absolute atomic E-state index is 4.93. The summed E-state index contributed by atoms with van der Waals surface area (Å²) in [4.78, 5) is 1.40. The number of nitrogens with zero attached hydrogens (tertiary/aromatic N) is 1. The molecule has 0 amide bonds. The molecule has 0 bridgehead atoms. The fraction of sp³-hybridized carbons (Fsp3) is 0.0270. The first-order chi connectivity index (χ1) is 18.8. The van der Waals surface area contributed by atoms with E-state index >= 15 is 0 Å². The molecule has 0 aromatic carbocycles. The van der Waals surface area contributed by atoms with Gasteiger partial charge in [0, 0.05) is 114 Å². The first-order valence-corrected chi connectivity index (χ1v) is 9.47. The van der Waals surface area contributed by atoms with Crippen molar-refractivity contribution >= 4 is 0 Å². The summed E-state index contributed by atoms with van der Waals surface area (Å²) in [6.45, 7) is 0. The quantitative estimate of drug-likeness (QED) is 0.366. The minimum atomic E-state index is 1.40. The number of terminal acetylenes is 2. The van der Waals surface area contributed by atoms with Gasteiger partial charge < -0.3 is 0 Å². The SMILES string of the molecule is C#CC#CC#CC#CC#CC#CC#CC#CC#CN(C)C#CC#CC#CC#CC#CC#CC#CC#CC#C. The second kappa shape index (κ2) is 26.9. The smallest absolute Gasteiger partial charge is 0.0342 e. The van der Waals surface area contributed by atoms with Crippen LogP contribution in [0.1, 0.15) is 0 Å². The molecule has 0 aliphatic heterocycles. The van der Waals surface area contributed by atoms with Crippen LogP contribution in [-0.2, 0) is 0 Å². The van der Waals surface area contributed by atoms with Gasteiger partial charge >= 0.3 is 0 Å². The molecule has 0 spiro atoms. The largest absolute Gasteiger partial charge is 0.262 e. The lowest BCUT2D eigenvalue weighted by Gasteiger charge is -1.93. The highest BCUT2D eigenvalue weighted by Gasteiger charge is 1.76. The van der Waals surface area contributed by atoms with Crippen molar-refractivity contribution in [3.63, 3.8) is 0 Å². The van der Waals surface area contributed by atoms with Gasteiger partial charge in [-0.05, 0) is 94.7 Å². The Morgan fingerprint density at radius 2 is 0.421 bits per heavy atom. The molecule has 1 heteroatoms. The fourth-order valence-corrected chi connectivity index (χ4v) is 1.14. The van der Waals surface area contributed by atoms with E-state index in [2.05, 4.69) is 202 Å². The fourth-order valence-electron chi connectivity index (χ4n) is 1.14. The maximum atomic E-state index is 4.93. The molecule has 0 aromatic rings. The van der Waals surface area contributed by atoms with Crippen LogP contribution in [0.25, 0.3) is 0 Å². The number of rotatable bonds is 0. The molecule has 0 saturated carbocycles. The molecule has 1 nitrogen and oxygen atoms in total. The lowest BCUT2D eigenvalue weighted by atomic mass is 10.5. The van der Waals surface area contributed by atoms with Gasteiger partial charge in [-0.25, -0.2) is 0 Å². The van der Waals surface area contributed by atoms with Crippen molar-refractivity contribution < 1.29 is 0 Å². The summed E-state index contributed by atoms with van der Waals surface area (Å²) in [7, 11) is 1.65. The van der Waals surface area contributed by atoms with Gasteiger partial charge in [0.15, 0.2) is 0 Å². The summed E-state index contributed by atoms with van der Waals surface area (Å²) in [6, 6.07) is 5.34. The summed E-state index contributed by atoms with van der Waals surface area (Å²) in [5.74, 6) is 78.7. The van der Waals surface area contributed by atoms with Crippen LogP contribution >= 0.6 is 0 Å². The maximum Gasteiger partial charge on any atom is 0.0342 e. The zero-order chi connectivity index (χ0) is 27.6. The molecular weight excluding hydrogens is 458 g/mol. The molecule has 0 unspecified atom stereocenters. The Morgan fingerprint density at radius 3 is 0.605 bits per heavy atom. The Labute approximate surface area is 226 Å². The van der Waals surface area contributed by atoms with Gasteiger partial charge in [0.1, 0.15) is 0 Å². The van der Waals surface area contributed by atoms with Gasteiger partial charge in [0.25, 0.3) is 0 Å². The molecule has 0 aliphatic rings. The van der Waals surface area contributed by atoms with Crippen molar-refractivity contribution in [1.29, 1.82) is 0 Å². The average molecular weight is 463 g/mol. The van der Waals surface area contributed by atoms with E-state index in [1.54, 1.807) is 7.05 Å². The highest BCUT2D eigenvalue weighted by molar-refractivity contribution is 5.48. The topological polar surface area (TPSA) is 3.24 Å². The first kappa shape index (κ1) is 29.9. The third kappa shape index (κ3) is 25.9. The average Bonchev–Trinajstić information content (AvgIpc) is 2.92. The monoisotopic (exact) mass is 463 g/mol. The van der Waals surface area contributed by atoms with Crippen LogP contribution in [0.2, 0.25) is 0 Å². The van der Waals surface area contributed by atoms with Crippen molar-refractivity contribution in [3.05, 3.63) is 0 Å². The van der Waals surface area contributed by atoms with Crippen LogP contribution < -0.4 is 0 Å². The first-order valence-electron chi connectivity index (χ1n) is 9.47. The molecule has 0 aliphatic carbocycles. The highest BCUT2D eigenvalue weighted by atomic mass is 15.0. The minimum absolute atomic E-state index is 1.40. The van der Waals surface area contributed by atoms with Gasteiger partial charge in [0.05, 0.1) is 0 Å². The normalized spacial score (nSPS) is 4.18. The van der Waals surface area contributed by atoms with Crippen LogP contribution in [0.3, 0.4) is 0 Å². The molecule has 0 N–H and O–H groups in total. The van der Waals surface area contributed by atoms with Gasteiger partial charge in [-0.1, -0.05) is 0 Å². The molecule has 38 heavy (non-hydrogen) atoms. The molecule has 0 radical (unpaired) electrons. The molecule has 0 aromatic heterocycles. The number of hydrogen-bond acceptors (Lipinski definition) is 1. The molecule has 158 valence electrons. The van der Waals surface area contributed by atoms with Crippen LogP contribution in [0.4, 0.5) is 0 Å². The minimum Gasteiger partial charge on any atom is -0.262 e. The second-order valence-electron chi connectivity index (χ2n) is 4.82. The summed E-state index contributed by atoms with van der Waals surface area (Å²) < 4.78 is 0. The lowest BCUT2D eigenvalue weighted by Crippen LogP contribution is -2.00. The van der Waals surface area contributed by atoms with Crippen molar-refractivity contribution in [2.75, 3.05) is 7.05 Å². The van der Waals surface area contributed by atoms with Crippen molar-refractivity contribution in [2.24, 2.45) is 0 Å². The van der Waals surface area contributed by atoms with Crippen LogP contribution in [0.15, 0.2) is 0 Å². The molecule has 0 atom stereocenters. The Morgan fingerprint density at radius 1 is 0.263 bits per heavy atom. The standard InChI is InChI=1S/C37H5N/c1-4-6-8-10-12-14-16-18-20-22-24-26-28-30-32-34-36-38(3)37-35-33-31-29-27-25-23-21-19-17-15-13-11-9-7-5-2/h1-2H,3H3. The van der Waals surface area contributed by atoms with Gasteiger partial charge in [0.2, 0.25) is 0 Å². The second-order valence-corrected chi connectivity index (χ2v) is 4.82. The Hall–Kier alpha value is -8.12. The molecule has 0 fully saturated rings. The van der Waals surface area contributed by atoms with Crippen LogP contribution in [0.5, 0.6) is 0 Å². The third-order valence-corrected chi connectivity index (χ3v) is 2.34. The van der Waals surface area contributed by atoms with Gasteiger partial charge in [-0.2, -0.15) is 0 Å². The van der Waals surface area contributed by atoms with E-state index in [0.717, 1.165) is 0 Å². The van der Waals surface area contributed by atoms with E-state index in [-0.39, 0.29) is 0 Å². The van der Waals surface area contributed by atoms with Crippen molar-refractivity contribution in [2.45, 2.75) is 0 Å². The molecular formula is C37H5N. The zero-order valence-electron chi connectivity index (χ0n) is 19.6. The van der Waals surface area contributed by atoms with E-state index < -0.39 is 0 Å². The molecule has 0 heterocycles. The van der Waals surface area contributed by atoms with Gasteiger partial charge in [-0.15, -0.1) is 12.8 Å². The zero-order valence-corrected chi connectivity index (χ0v) is 19.6. The van der Waals surface area contributed by atoms with E-state index in [1.807, 2.05) is 0 Å². The van der Waals surface area contributed by atoms with Crippen molar-refractivity contribution in [3.8, 4) is 214 Å². The Kier molecular flexibility index (Phi) is 21.2. The summed E-state index contributed by atoms with van der Waals surface area (Å²) in [5.41, 5.74) is 0. The number of hydrogen-bond donors (Lipinski definition) is 0. The third-order valence-electron chi connectivity index (χ3n) is 2.34. The Bertz CT molecular complexity index is 1930. The van der Waals surface area contributed by atoms with E-state index in [1.165, 1.54) is 4.90 Å². The van der Waals surface area contributed by atoms with E-state index in [9.17, 15) is 0 Å². The van der Waals surface area contributed by atoms with Crippen molar-refractivity contribution in [1.82, 2.24) is 4.90 Å². The summed E-state index contributed by atoms with van der Waals surface area (Å²) in [6.07, 6.45) is 9.87. The highest BCUT2D eigenvalue weighted by Crippen LogP contribution is 1.71.